The Morgan fingerprint density at radius 1 is 0.225 bits per heavy atom. The number of hydrogen-bond acceptors (Lipinski definition) is 0. The quantitative estimate of drug-likeness (QED) is 0.191. The Morgan fingerprint density at radius 3 is 0.850 bits per heavy atom. The van der Waals surface area contributed by atoms with Crippen molar-refractivity contribution in [2.24, 2.45) is 0 Å². The van der Waals surface area contributed by atoms with Gasteiger partial charge in [-0.25, -0.2) is 0 Å². The molecule has 0 heterocycles. The van der Waals surface area contributed by atoms with Gasteiger partial charge < -0.3 is 0 Å². The number of hydrogen-bond donors (Lipinski definition) is 0. The van der Waals surface area contributed by atoms with E-state index in [-0.39, 0.29) is 0 Å². The van der Waals surface area contributed by atoms with E-state index in [0.29, 0.717) is 0 Å². The fourth-order valence-electron chi connectivity index (χ4n) is 7.54. The van der Waals surface area contributed by atoms with Gasteiger partial charge in [0.05, 0.1) is 0 Å². The highest BCUT2D eigenvalue weighted by molar-refractivity contribution is 5.87. The number of benzene rings is 6. The molecule has 0 bridgehead atoms. The van der Waals surface area contributed by atoms with E-state index >= 15 is 0 Å². The van der Waals surface area contributed by atoms with Crippen LogP contribution in [-0.4, -0.2) is 0 Å². The van der Waals surface area contributed by atoms with Gasteiger partial charge in [-0.2, -0.15) is 0 Å². The van der Waals surface area contributed by atoms with Gasteiger partial charge >= 0.3 is 0 Å². The van der Waals surface area contributed by atoms with Gasteiger partial charge in [0, 0.05) is 0 Å². The molecule has 0 N–H and O–H groups in total. The molecule has 6 aromatic rings. The van der Waals surface area contributed by atoms with Crippen molar-refractivity contribution < 1.29 is 0 Å². The van der Waals surface area contributed by atoms with Crippen molar-refractivity contribution in [1.29, 1.82) is 0 Å². The minimum atomic E-state index is 1.08. The number of rotatable bonds is 0. The topological polar surface area (TPSA) is 0 Å². The molecule has 0 aliphatic heterocycles. The maximum atomic E-state index is 2.44. The Balaban J connectivity index is 0.000000115. The Hall–Kier alpha value is -4.68. The highest BCUT2D eigenvalue weighted by atomic mass is 14.3. The van der Waals surface area contributed by atoms with E-state index in [1.165, 1.54) is 89.0 Å². The Bertz CT molecular complexity index is 1860. The summed E-state index contributed by atoms with van der Waals surface area (Å²) < 4.78 is 0. The van der Waals surface area contributed by atoms with Crippen LogP contribution >= 0.6 is 0 Å². The third-order valence-corrected chi connectivity index (χ3v) is 9.41. The summed E-state index contributed by atoms with van der Waals surface area (Å²) in [4.78, 5) is 0. The molecule has 0 nitrogen and oxygen atoms in total. The number of fused-ring (bicyclic) bond motifs is 12. The Labute approximate surface area is 235 Å². The first-order valence-electron chi connectivity index (χ1n) is 14.4. The van der Waals surface area contributed by atoms with Crippen molar-refractivity contribution in [3.8, 4) is 44.5 Å². The van der Waals surface area contributed by atoms with Gasteiger partial charge in [-0.3, -0.25) is 0 Å². The summed E-state index contributed by atoms with van der Waals surface area (Å²) in [5.41, 5.74) is 23.4. The summed E-state index contributed by atoms with van der Waals surface area (Å²) in [6.45, 7) is 0. The predicted molar refractivity (Wildman–Crippen MR) is 166 cm³/mol. The predicted octanol–water partition coefficient (Wildman–Crippen LogP) is 9.66. The van der Waals surface area contributed by atoms with Crippen molar-refractivity contribution in [2.45, 2.75) is 25.7 Å². The van der Waals surface area contributed by atoms with Crippen molar-refractivity contribution >= 4 is 0 Å². The maximum Gasteiger partial charge on any atom is -0.00132 e. The zero-order chi connectivity index (χ0) is 26.2. The molecule has 40 heavy (non-hydrogen) atoms. The highest BCUT2D eigenvalue weighted by Gasteiger charge is 2.26. The fourth-order valence-corrected chi connectivity index (χ4v) is 7.54. The van der Waals surface area contributed by atoms with Crippen LogP contribution in [0.3, 0.4) is 0 Å². The molecule has 0 radical (unpaired) electrons. The van der Waals surface area contributed by atoms with Crippen LogP contribution in [0.25, 0.3) is 44.5 Å². The molecular weight excluding hydrogens is 480 g/mol. The van der Waals surface area contributed by atoms with E-state index < -0.39 is 0 Å². The molecule has 0 spiro atoms. The summed E-state index contributed by atoms with van der Waals surface area (Å²) in [6.07, 6.45) is 4.35. The van der Waals surface area contributed by atoms with Crippen LogP contribution in [-0.2, 0) is 25.7 Å². The Kier molecular flexibility index (Phi) is 4.66. The lowest BCUT2D eigenvalue weighted by atomic mass is 9.98. The summed E-state index contributed by atoms with van der Waals surface area (Å²) in [5.74, 6) is 0. The van der Waals surface area contributed by atoms with Crippen LogP contribution in [0.4, 0.5) is 0 Å². The highest BCUT2D eigenvalue weighted by Crippen LogP contribution is 2.46. The maximum absolute atomic E-state index is 2.44. The second-order valence-electron chi connectivity index (χ2n) is 11.7. The first-order valence-corrected chi connectivity index (χ1v) is 14.4. The minimum Gasteiger partial charge on any atom is -0.0619 e. The molecule has 0 atom stereocenters. The van der Waals surface area contributed by atoms with Gasteiger partial charge in [0.15, 0.2) is 0 Å². The van der Waals surface area contributed by atoms with E-state index in [9.17, 15) is 0 Å². The molecule has 188 valence electrons. The molecule has 6 aromatic carbocycles. The van der Waals surface area contributed by atoms with Crippen LogP contribution in [0.1, 0.15) is 44.5 Å². The SMILES string of the molecule is c1ccc2c(c1)Cc1cc3c(cc1-2)-c1ccccc1C3.c1ccc2c(c1)Cc1cc3c(cc1-2)Cc1ccccc1-3. The molecule has 10 rings (SSSR count). The standard InChI is InChI=1S/2C20H14/c1-3-7-17-13(5-1)9-15-11-20-16(12-19(15)17)10-14-6-2-4-8-18(14)20;1-3-7-17-13(5-1)9-15-11-16-10-14-6-2-4-8-18(14)20(16)12-19(15)17/h2*1-8,11-12H,9-10H2. The average molecular weight is 509 g/mol. The van der Waals surface area contributed by atoms with E-state index in [2.05, 4.69) is 121 Å². The second kappa shape index (κ2) is 8.41. The van der Waals surface area contributed by atoms with Crippen LogP contribution in [0.15, 0.2) is 121 Å². The van der Waals surface area contributed by atoms with E-state index in [4.69, 9.17) is 0 Å². The van der Waals surface area contributed by atoms with Crippen LogP contribution in [0, 0.1) is 0 Å². The van der Waals surface area contributed by atoms with Gasteiger partial charge in [0.1, 0.15) is 0 Å². The van der Waals surface area contributed by atoms with Gasteiger partial charge in [0.25, 0.3) is 0 Å². The Morgan fingerprint density at radius 2 is 0.500 bits per heavy atom. The van der Waals surface area contributed by atoms with Crippen LogP contribution < -0.4 is 0 Å². The average Bonchev–Trinajstić information content (AvgIpc) is 3.74. The lowest BCUT2D eigenvalue weighted by molar-refractivity contribution is 1.21. The normalized spacial score (nSPS) is 13.6. The van der Waals surface area contributed by atoms with E-state index in [1.807, 2.05) is 0 Å². The molecule has 4 aliphatic carbocycles. The molecule has 0 unspecified atom stereocenters. The summed E-state index contributed by atoms with van der Waals surface area (Å²) >= 11 is 0. The van der Waals surface area contributed by atoms with E-state index in [1.54, 1.807) is 0 Å². The van der Waals surface area contributed by atoms with E-state index in [0.717, 1.165) is 25.7 Å². The molecule has 0 saturated heterocycles. The molecule has 0 amide bonds. The zero-order valence-electron chi connectivity index (χ0n) is 22.4. The second-order valence-corrected chi connectivity index (χ2v) is 11.7. The van der Waals surface area contributed by atoms with Gasteiger partial charge in [0.2, 0.25) is 0 Å². The van der Waals surface area contributed by atoms with Gasteiger partial charge in [-0.15, -0.1) is 0 Å². The van der Waals surface area contributed by atoms with Crippen molar-refractivity contribution in [2.75, 3.05) is 0 Å². The molecule has 0 saturated carbocycles. The third-order valence-electron chi connectivity index (χ3n) is 9.41. The van der Waals surface area contributed by atoms with Crippen LogP contribution in [0.5, 0.6) is 0 Å². The van der Waals surface area contributed by atoms with Crippen molar-refractivity contribution in [3.05, 3.63) is 166 Å². The molecule has 0 heteroatoms. The fraction of sp³-hybridized carbons (Fsp3) is 0.100. The summed E-state index contributed by atoms with van der Waals surface area (Å²) in [7, 11) is 0. The lowest BCUT2D eigenvalue weighted by Crippen LogP contribution is -1.86. The lowest BCUT2D eigenvalue weighted by Gasteiger charge is -2.06. The summed E-state index contributed by atoms with van der Waals surface area (Å²) in [6, 6.07) is 45.0. The van der Waals surface area contributed by atoms with Crippen LogP contribution in [0.2, 0.25) is 0 Å². The van der Waals surface area contributed by atoms with Gasteiger partial charge in [-0.1, -0.05) is 103 Å². The molecule has 0 fully saturated rings. The largest absolute Gasteiger partial charge is 0.0619 e. The van der Waals surface area contributed by atoms with Crippen molar-refractivity contribution in [1.82, 2.24) is 0 Å². The first-order chi connectivity index (χ1) is 19.8. The summed E-state index contributed by atoms with van der Waals surface area (Å²) in [5, 5.41) is 0. The van der Waals surface area contributed by atoms with Gasteiger partial charge in [-0.05, 0) is 133 Å². The molecular formula is C40H28. The molecule has 0 aromatic heterocycles. The smallest absolute Gasteiger partial charge is 0.00132 e. The minimum absolute atomic E-state index is 1.08. The van der Waals surface area contributed by atoms with Crippen molar-refractivity contribution in [3.63, 3.8) is 0 Å². The first kappa shape index (κ1) is 22.2. The third kappa shape index (κ3) is 3.26. The monoisotopic (exact) mass is 508 g/mol. The zero-order valence-corrected chi connectivity index (χ0v) is 22.4. The molecule has 4 aliphatic rings.